The second-order valence-corrected chi connectivity index (χ2v) is 6.91. The summed E-state index contributed by atoms with van der Waals surface area (Å²) in [5.74, 6) is 0.258. The van der Waals surface area contributed by atoms with Crippen molar-refractivity contribution in [3.8, 4) is 5.69 Å². The van der Waals surface area contributed by atoms with Gasteiger partial charge in [0.15, 0.2) is 0 Å². The standard InChI is InChI=1S/C19H26N4O2/c1-13-4-6-17(7-5-13)23-15(3)19(14(2)21-23)20-18(25)11-22-9-8-16(10-22)12-24/h4-7,16,24H,8-12H2,1-3H3,(H,20,25). The summed E-state index contributed by atoms with van der Waals surface area (Å²) in [4.78, 5) is 14.5. The Morgan fingerprint density at radius 1 is 1.28 bits per heavy atom. The van der Waals surface area contributed by atoms with Crippen molar-refractivity contribution < 1.29 is 9.90 Å². The van der Waals surface area contributed by atoms with Gasteiger partial charge >= 0.3 is 0 Å². The smallest absolute Gasteiger partial charge is 0.238 e. The number of nitrogens with zero attached hydrogens (tertiary/aromatic N) is 3. The Balaban J connectivity index is 1.70. The third-order valence-electron chi connectivity index (χ3n) is 4.83. The summed E-state index contributed by atoms with van der Waals surface area (Å²) in [6.07, 6.45) is 0.952. The number of nitrogens with one attached hydrogen (secondary N) is 1. The lowest BCUT2D eigenvalue weighted by Crippen LogP contribution is -2.32. The van der Waals surface area contributed by atoms with Crippen LogP contribution in [0.2, 0.25) is 0 Å². The first-order valence-electron chi connectivity index (χ1n) is 8.74. The molecular weight excluding hydrogens is 316 g/mol. The van der Waals surface area contributed by atoms with Gasteiger partial charge in [-0.15, -0.1) is 0 Å². The zero-order chi connectivity index (χ0) is 18.0. The van der Waals surface area contributed by atoms with Gasteiger partial charge in [-0.05, 0) is 51.8 Å². The normalized spacial score (nSPS) is 17.8. The van der Waals surface area contributed by atoms with Gasteiger partial charge in [0.25, 0.3) is 0 Å². The molecule has 1 saturated heterocycles. The highest BCUT2D eigenvalue weighted by molar-refractivity contribution is 5.93. The quantitative estimate of drug-likeness (QED) is 0.872. The van der Waals surface area contributed by atoms with E-state index in [-0.39, 0.29) is 12.5 Å². The molecule has 134 valence electrons. The highest BCUT2D eigenvalue weighted by Gasteiger charge is 2.24. The zero-order valence-corrected chi connectivity index (χ0v) is 15.1. The van der Waals surface area contributed by atoms with Crippen molar-refractivity contribution in [2.24, 2.45) is 5.92 Å². The van der Waals surface area contributed by atoms with E-state index in [0.717, 1.165) is 42.3 Å². The van der Waals surface area contributed by atoms with E-state index in [9.17, 15) is 9.90 Å². The summed E-state index contributed by atoms with van der Waals surface area (Å²) in [6.45, 7) is 8.11. The SMILES string of the molecule is Cc1ccc(-n2nc(C)c(NC(=O)CN3CCC(CO)C3)c2C)cc1. The number of likely N-dealkylation sites (tertiary alicyclic amines) is 1. The van der Waals surface area contributed by atoms with E-state index in [2.05, 4.69) is 34.4 Å². The molecule has 0 aliphatic carbocycles. The fraction of sp³-hybridized carbons (Fsp3) is 0.474. The average molecular weight is 342 g/mol. The van der Waals surface area contributed by atoms with Crippen molar-refractivity contribution >= 4 is 11.6 Å². The predicted octanol–water partition coefficient (Wildman–Crippen LogP) is 2.05. The first kappa shape index (κ1) is 17.6. The first-order valence-corrected chi connectivity index (χ1v) is 8.74. The number of carbonyl (C=O) groups is 1. The molecule has 1 amide bonds. The molecule has 1 atom stereocenters. The zero-order valence-electron chi connectivity index (χ0n) is 15.1. The van der Waals surface area contributed by atoms with Crippen LogP contribution in [0.25, 0.3) is 5.69 Å². The largest absolute Gasteiger partial charge is 0.396 e. The van der Waals surface area contributed by atoms with E-state index in [1.165, 1.54) is 5.56 Å². The number of benzene rings is 1. The van der Waals surface area contributed by atoms with Gasteiger partial charge in [-0.2, -0.15) is 5.10 Å². The van der Waals surface area contributed by atoms with Crippen LogP contribution in [0, 0.1) is 26.7 Å². The number of aryl methyl sites for hydroxylation is 2. The van der Waals surface area contributed by atoms with Crippen LogP contribution in [0.5, 0.6) is 0 Å². The number of aliphatic hydroxyl groups excluding tert-OH is 1. The first-order chi connectivity index (χ1) is 12.0. The van der Waals surface area contributed by atoms with Crippen molar-refractivity contribution in [1.29, 1.82) is 0 Å². The van der Waals surface area contributed by atoms with Crippen molar-refractivity contribution in [2.75, 3.05) is 31.6 Å². The lowest BCUT2D eigenvalue weighted by molar-refractivity contribution is -0.117. The van der Waals surface area contributed by atoms with Crippen LogP contribution in [0.1, 0.15) is 23.4 Å². The molecule has 1 fully saturated rings. The fourth-order valence-corrected chi connectivity index (χ4v) is 3.35. The molecule has 1 aliphatic heterocycles. The van der Waals surface area contributed by atoms with Gasteiger partial charge < -0.3 is 10.4 Å². The van der Waals surface area contributed by atoms with Gasteiger partial charge in [-0.25, -0.2) is 4.68 Å². The predicted molar refractivity (Wildman–Crippen MR) is 98.0 cm³/mol. The molecule has 0 bridgehead atoms. The van der Waals surface area contributed by atoms with E-state index in [1.807, 2.05) is 30.7 Å². The molecule has 3 rings (SSSR count). The van der Waals surface area contributed by atoms with Crippen molar-refractivity contribution in [3.05, 3.63) is 41.2 Å². The van der Waals surface area contributed by atoms with Gasteiger partial charge in [-0.3, -0.25) is 9.69 Å². The molecule has 6 heteroatoms. The van der Waals surface area contributed by atoms with E-state index in [0.29, 0.717) is 12.5 Å². The molecule has 1 aliphatic rings. The Morgan fingerprint density at radius 2 is 2.00 bits per heavy atom. The number of amides is 1. The van der Waals surface area contributed by atoms with E-state index >= 15 is 0 Å². The van der Waals surface area contributed by atoms with E-state index < -0.39 is 0 Å². The molecule has 0 radical (unpaired) electrons. The molecule has 1 unspecified atom stereocenters. The average Bonchev–Trinajstić information content (AvgIpc) is 3.15. The third-order valence-corrected chi connectivity index (χ3v) is 4.83. The summed E-state index contributed by atoms with van der Waals surface area (Å²) in [5, 5.41) is 16.8. The van der Waals surface area contributed by atoms with Crippen molar-refractivity contribution in [3.63, 3.8) is 0 Å². The van der Waals surface area contributed by atoms with Crippen molar-refractivity contribution in [1.82, 2.24) is 14.7 Å². The maximum atomic E-state index is 12.4. The number of anilines is 1. The Labute approximate surface area is 148 Å². The minimum absolute atomic E-state index is 0.0340. The molecular formula is C19H26N4O2. The number of aliphatic hydroxyl groups is 1. The van der Waals surface area contributed by atoms with Crippen LogP contribution in [0.15, 0.2) is 24.3 Å². The highest BCUT2D eigenvalue weighted by atomic mass is 16.3. The van der Waals surface area contributed by atoms with Crippen LogP contribution in [-0.4, -0.2) is 51.9 Å². The second-order valence-electron chi connectivity index (χ2n) is 6.91. The number of rotatable bonds is 5. The number of aromatic nitrogens is 2. The summed E-state index contributed by atoms with van der Waals surface area (Å²) in [6, 6.07) is 8.16. The summed E-state index contributed by atoms with van der Waals surface area (Å²) < 4.78 is 1.86. The van der Waals surface area contributed by atoms with Gasteiger partial charge in [0.1, 0.15) is 0 Å². The lowest BCUT2D eigenvalue weighted by atomic mass is 10.1. The Morgan fingerprint density at radius 3 is 2.64 bits per heavy atom. The van der Waals surface area contributed by atoms with Crippen LogP contribution in [0.3, 0.4) is 0 Å². The fourth-order valence-electron chi connectivity index (χ4n) is 3.35. The van der Waals surface area contributed by atoms with Crippen LogP contribution < -0.4 is 5.32 Å². The molecule has 6 nitrogen and oxygen atoms in total. The van der Waals surface area contributed by atoms with Crippen LogP contribution in [-0.2, 0) is 4.79 Å². The Bertz CT molecular complexity index is 752. The molecule has 2 N–H and O–H groups in total. The maximum absolute atomic E-state index is 12.4. The lowest BCUT2D eigenvalue weighted by Gasteiger charge is -2.15. The van der Waals surface area contributed by atoms with Crippen molar-refractivity contribution in [2.45, 2.75) is 27.2 Å². The second kappa shape index (κ2) is 7.37. The van der Waals surface area contributed by atoms with Gasteiger partial charge in [0.05, 0.1) is 29.3 Å². The van der Waals surface area contributed by atoms with Gasteiger partial charge in [-0.1, -0.05) is 17.7 Å². The molecule has 25 heavy (non-hydrogen) atoms. The third kappa shape index (κ3) is 3.91. The van der Waals surface area contributed by atoms with E-state index in [1.54, 1.807) is 0 Å². The molecule has 2 heterocycles. The molecule has 1 aromatic carbocycles. The Kier molecular flexibility index (Phi) is 5.20. The number of hydrogen-bond acceptors (Lipinski definition) is 4. The molecule has 1 aromatic heterocycles. The maximum Gasteiger partial charge on any atom is 0.238 e. The number of hydrogen-bond donors (Lipinski definition) is 2. The Hall–Kier alpha value is -2.18. The minimum Gasteiger partial charge on any atom is -0.396 e. The molecule has 2 aromatic rings. The summed E-state index contributed by atoms with van der Waals surface area (Å²) >= 11 is 0. The molecule has 0 spiro atoms. The molecule has 0 saturated carbocycles. The highest BCUT2D eigenvalue weighted by Crippen LogP contribution is 2.23. The summed E-state index contributed by atoms with van der Waals surface area (Å²) in [5.41, 5.74) is 4.69. The summed E-state index contributed by atoms with van der Waals surface area (Å²) in [7, 11) is 0. The van der Waals surface area contributed by atoms with E-state index in [4.69, 9.17) is 0 Å². The topological polar surface area (TPSA) is 70.4 Å². The minimum atomic E-state index is -0.0340. The monoisotopic (exact) mass is 342 g/mol. The van der Waals surface area contributed by atoms with Gasteiger partial charge in [0.2, 0.25) is 5.91 Å². The van der Waals surface area contributed by atoms with Crippen LogP contribution >= 0.6 is 0 Å². The van der Waals surface area contributed by atoms with Gasteiger partial charge in [0, 0.05) is 13.2 Å². The number of carbonyl (C=O) groups excluding carboxylic acids is 1. The van der Waals surface area contributed by atoms with Crippen LogP contribution in [0.4, 0.5) is 5.69 Å².